The van der Waals surface area contributed by atoms with Gasteiger partial charge in [-0.15, -0.1) is 0 Å². The van der Waals surface area contributed by atoms with Crippen molar-refractivity contribution in [3.63, 3.8) is 0 Å². The van der Waals surface area contributed by atoms with E-state index in [1.54, 1.807) is 50.6 Å². The minimum absolute atomic E-state index is 0.000139. The van der Waals surface area contributed by atoms with Gasteiger partial charge in [0.25, 0.3) is 0 Å². The van der Waals surface area contributed by atoms with Gasteiger partial charge in [0.05, 0.1) is 172 Å². The fourth-order valence-corrected chi connectivity index (χ4v) is 5.05. The van der Waals surface area contributed by atoms with Crippen LogP contribution in [-0.2, 0) is 85.4 Å². The van der Waals surface area contributed by atoms with Crippen molar-refractivity contribution in [1.29, 1.82) is 0 Å². The summed E-state index contributed by atoms with van der Waals surface area (Å²) in [6, 6.07) is 9.82. The maximum absolute atomic E-state index is 11.7. The Labute approximate surface area is 422 Å². The molecule has 2 aliphatic rings. The maximum atomic E-state index is 11.7. The molecule has 0 saturated carbocycles. The van der Waals surface area contributed by atoms with Crippen LogP contribution in [-0.4, -0.2) is 238 Å². The third-order valence-corrected chi connectivity index (χ3v) is 8.66. The number of methoxy groups -OCH3 is 6. The lowest BCUT2D eigenvalue weighted by molar-refractivity contribution is -0.147. The van der Waals surface area contributed by atoms with Crippen LogP contribution in [0.1, 0.15) is 20.7 Å². The van der Waals surface area contributed by atoms with Gasteiger partial charge < -0.3 is 94.7 Å². The lowest BCUT2D eigenvalue weighted by Gasteiger charge is -2.14. The molecule has 2 aromatic rings. The molecule has 0 aliphatic carbocycles. The van der Waals surface area contributed by atoms with Crippen molar-refractivity contribution in [2.75, 3.05) is 214 Å². The first-order valence-electron chi connectivity index (χ1n) is 23.1. The molecule has 24 heteroatoms. The number of hydrogen-bond acceptors (Lipinski definition) is 24. The Kier molecular flexibility index (Phi) is 42.5. The summed E-state index contributed by atoms with van der Waals surface area (Å²) in [5.74, 6) is 0.402. The first-order chi connectivity index (χ1) is 35.2. The topological polar surface area (TPSA) is 253 Å². The van der Waals surface area contributed by atoms with Gasteiger partial charge in [-0.05, 0) is 36.4 Å². The summed E-state index contributed by atoms with van der Waals surface area (Å²) in [5.41, 5.74) is 0.790. The molecule has 24 nitrogen and oxygen atoms in total. The fraction of sp³-hybridized carbons (Fsp3) is 0.667. The van der Waals surface area contributed by atoms with E-state index in [0.29, 0.717) is 193 Å². The average Bonchev–Trinajstić information content (AvgIpc) is 3.41. The number of carbonyl (C=O) groups is 4. The quantitative estimate of drug-likeness (QED) is 0.141. The molecule has 2 aromatic carbocycles. The van der Waals surface area contributed by atoms with E-state index in [1.807, 2.05) is 0 Å². The Morgan fingerprint density at radius 2 is 0.625 bits per heavy atom. The van der Waals surface area contributed by atoms with Crippen LogP contribution < -0.4 is 18.9 Å². The predicted octanol–water partition coefficient (Wildman–Crippen LogP) is 2.27. The first-order valence-corrected chi connectivity index (χ1v) is 23.1. The molecular formula is C48H76O24. The Balaban J connectivity index is 0.000000513. The van der Waals surface area contributed by atoms with Gasteiger partial charge in [0.1, 0.15) is 39.6 Å². The van der Waals surface area contributed by atoms with Crippen LogP contribution in [0.25, 0.3) is 0 Å². The van der Waals surface area contributed by atoms with E-state index in [0.717, 1.165) is 0 Å². The van der Waals surface area contributed by atoms with E-state index in [9.17, 15) is 19.2 Å². The van der Waals surface area contributed by atoms with Gasteiger partial charge in [-0.1, -0.05) is 0 Å². The molecule has 0 saturated heterocycles. The largest absolute Gasteiger partial charge is 0.487 e. The van der Waals surface area contributed by atoms with Crippen LogP contribution in [0.15, 0.2) is 36.4 Å². The number of benzene rings is 2. The van der Waals surface area contributed by atoms with E-state index in [-0.39, 0.29) is 25.2 Å². The molecule has 0 N–H and O–H groups in total. The Bertz CT molecular complexity index is 1660. The summed E-state index contributed by atoms with van der Waals surface area (Å²) in [6.07, 6.45) is 0. The molecule has 2 aliphatic heterocycles. The van der Waals surface area contributed by atoms with Crippen LogP contribution in [0.3, 0.4) is 0 Å². The number of carbonyl (C=O) groups excluding carboxylic acids is 4. The zero-order valence-electron chi connectivity index (χ0n) is 42.6. The number of rotatable bonds is 15. The number of hydrogen-bond donors (Lipinski definition) is 0. The highest BCUT2D eigenvalue weighted by molar-refractivity contribution is 5.90. The Morgan fingerprint density at radius 1 is 0.347 bits per heavy atom. The van der Waals surface area contributed by atoms with E-state index >= 15 is 0 Å². The monoisotopic (exact) mass is 1040 g/mol. The van der Waals surface area contributed by atoms with Crippen molar-refractivity contribution in [3.05, 3.63) is 47.5 Å². The van der Waals surface area contributed by atoms with Crippen molar-refractivity contribution < 1.29 is 114 Å². The molecule has 0 radical (unpaired) electrons. The molecule has 0 unspecified atom stereocenters. The van der Waals surface area contributed by atoms with Gasteiger partial charge in [0.15, 0.2) is 23.0 Å². The van der Waals surface area contributed by atoms with Crippen LogP contribution in [0, 0.1) is 0 Å². The molecule has 72 heavy (non-hydrogen) atoms. The van der Waals surface area contributed by atoms with Gasteiger partial charge in [-0.25, -0.2) is 19.2 Å². The van der Waals surface area contributed by atoms with E-state index in [4.69, 9.17) is 80.5 Å². The van der Waals surface area contributed by atoms with E-state index < -0.39 is 11.9 Å². The molecule has 0 fully saturated rings. The lowest BCUT2D eigenvalue weighted by Crippen LogP contribution is -2.16. The van der Waals surface area contributed by atoms with Crippen LogP contribution in [0.5, 0.6) is 23.0 Å². The second kappa shape index (κ2) is 47.1. The third-order valence-electron chi connectivity index (χ3n) is 8.66. The second-order valence-corrected chi connectivity index (χ2v) is 13.8. The zero-order chi connectivity index (χ0) is 52.5. The van der Waals surface area contributed by atoms with Crippen LogP contribution in [0.4, 0.5) is 0 Å². The summed E-state index contributed by atoms with van der Waals surface area (Å²) >= 11 is 0. The lowest BCUT2D eigenvalue weighted by atomic mass is 10.2. The fourth-order valence-electron chi connectivity index (χ4n) is 5.05. The van der Waals surface area contributed by atoms with Crippen LogP contribution in [0.2, 0.25) is 0 Å². The SMILES string of the molecule is COC(=O)c1ccc2c(c1)OCCOCCOCCOCCO2.COC(=O)c1ccc2c(c1)OCCOCCOCCOCCOCCO2.COCCOCC(=O)OC.COCCOCCOCC(=O)OC. The average molecular weight is 1040 g/mol. The van der Waals surface area contributed by atoms with Gasteiger partial charge in [0.2, 0.25) is 0 Å². The maximum Gasteiger partial charge on any atom is 0.337 e. The summed E-state index contributed by atoms with van der Waals surface area (Å²) in [6.45, 7) is 11.0. The highest BCUT2D eigenvalue weighted by Gasteiger charge is 2.14. The van der Waals surface area contributed by atoms with Gasteiger partial charge in [-0.3, -0.25) is 0 Å². The molecule has 0 spiro atoms. The summed E-state index contributed by atoms with van der Waals surface area (Å²) in [5, 5.41) is 0. The number of fused-ring (bicyclic) bond motifs is 2. The van der Waals surface area contributed by atoms with E-state index in [1.165, 1.54) is 28.4 Å². The van der Waals surface area contributed by atoms with E-state index in [2.05, 4.69) is 14.2 Å². The molecule has 0 atom stereocenters. The molecule has 2 heterocycles. The highest BCUT2D eigenvalue weighted by Crippen LogP contribution is 2.30. The zero-order valence-corrected chi connectivity index (χ0v) is 42.6. The Hall–Kier alpha value is -4.96. The number of esters is 4. The smallest absolute Gasteiger partial charge is 0.337 e. The molecule has 4 rings (SSSR count). The normalized spacial score (nSPS) is 15.4. The molecule has 412 valence electrons. The van der Waals surface area contributed by atoms with Gasteiger partial charge in [-0.2, -0.15) is 0 Å². The first kappa shape index (κ1) is 65.1. The highest BCUT2D eigenvalue weighted by atomic mass is 16.6. The standard InChI is InChI=1S/C18H26O8.C16H22O7.C8H16O5.C6H12O4/c1-20-18(19)15-2-3-16-17(14-15)26-13-11-24-9-7-22-5-4-21-6-8-23-10-12-25-16;1-18-16(17)13-2-3-14-15(12-13)23-11-9-21-7-5-19-4-6-20-8-10-22-14;1-10-3-4-12-5-6-13-7-8(9)11-2;1-8-3-4-10-5-6(7)9-2/h2-3,14H,4-13H2,1H3;2-3,12H,4-11H2,1H3;3-7H2,1-2H3;3-5H2,1-2H3. The summed E-state index contributed by atoms with van der Waals surface area (Å²) in [7, 11) is 8.49. The minimum Gasteiger partial charge on any atom is -0.487 e. The third kappa shape index (κ3) is 35.2. The summed E-state index contributed by atoms with van der Waals surface area (Å²) < 4.78 is 103. The van der Waals surface area contributed by atoms with Crippen molar-refractivity contribution in [2.24, 2.45) is 0 Å². The molecular weight excluding hydrogens is 961 g/mol. The molecule has 0 bridgehead atoms. The minimum atomic E-state index is -0.437. The summed E-state index contributed by atoms with van der Waals surface area (Å²) in [4.78, 5) is 44.2. The second-order valence-electron chi connectivity index (χ2n) is 13.8. The van der Waals surface area contributed by atoms with Crippen molar-refractivity contribution in [3.8, 4) is 23.0 Å². The van der Waals surface area contributed by atoms with Crippen LogP contribution >= 0.6 is 0 Å². The predicted molar refractivity (Wildman–Crippen MR) is 254 cm³/mol. The van der Waals surface area contributed by atoms with Crippen molar-refractivity contribution in [2.45, 2.75) is 0 Å². The van der Waals surface area contributed by atoms with Gasteiger partial charge >= 0.3 is 23.9 Å². The van der Waals surface area contributed by atoms with Crippen molar-refractivity contribution >= 4 is 23.9 Å². The molecule has 0 aromatic heterocycles. The number of ether oxygens (including phenoxy) is 20. The Morgan fingerprint density at radius 3 is 0.931 bits per heavy atom. The molecule has 0 amide bonds. The van der Waals surface area contributed by atoms with Gasteiger partial charge in [0, 0.05) is 14.2 Å². The van der Waals surface area contributed by atoms with Crippen molar-refractivity contribution in [1.82, 2.24) is 0 Å².